The Hall–Kier alpha value is -1.17. The number of anilines is 1. The standard InChI is InChI=1S/C14H21ClN4O/c1-19(9-11-4-2-6-16-8-11)10-13(20)18-12-5-3-7-17-14(12)15/h3,5,7,11,16H,2,4,6,8-10H2,1H3,(H,18,20). The summed E-state index contributed by atoms with van der Waals surface area (Å²) in [5.74, 6) is 0.565. The molecule has 0 bridgehead atoms. The third-order valence-electron chi connectivity index (χ3n) is 3.42. The van der Waals surface area contributed by atoms with Crippen molar-refractivity contribution in [3.05, 3.63) is 23.5 Å². The van der Waals surface area contributed by atoms with Crippen molar-refractivity contribution < 1.29 is 4.79 Å². The summed E-state index contributed by atoms with van der Waals surface area (Å²) in [6.45, 7) is 3.45. The summed E-state index contributed by atoms with van der Waals surface area (Å²) in [5.41, 5.74) is 0.562. The molecule has 1 amide bonds. The number of rotatable bonds is 5. The number of aromatic nitrogens is 1. The lowest BCUT2D eigenvalue weighted by Gasteiger charge is -2.27. The van der Waals surface area contributed by atoms with Crippen molar-refractivity contribution >= 4 is 23.2 Å². The number of halogens is 1. The van der Waals surface area contributed by atoms with E-state index in [1.54, 1.807) is 18.3 Å². The van der Waals surface area contributed by atoms with Crippen molar-refractivity contribution in [3.8, 4) is 0 Å². The van der Waals surface area contributed by atoms with Gasteiger partial charge in [-0.1, -0.05) is 11.6 Å². The second kappa shape index (κ2) is 7.57. The summed E-state index contributed by atoms with van der Waals surface area (Å²) in [6.07, 6.45) is 4.05. The fourth-order valence-corrected chi connectivity index (χ4v) is 2.67. The van der Waals surface area contributed by atoms with Gasteiger partial charge in [-0.15, -0.1) is 0 Å². The second-order valence-electron chi connectivity index (χ2n) is 5.30. The number of carbonyl (C=O) groups excluding carboxylic acids is 1. The molecule has 1 saturated heterocycles. The average Bonchev–Trinajstić information content (AvgIpc) is 2.42. The van der Waals surface area contributed by atoms with Crippen LogP contribution in [0.2, 0.25) is 5.15 Å². The highest BCUT2D eigenvalue weighted by Gasteiger charge is 2.16. The highest BCUT2D eigenvalue weighted by molar-refractivity contribution is 6.32. The Morgan fingerprint density at radius 2 is 2.50 bits per heavy atom. The SMILES string of the molecule is CN(CC(=O)Nc1cccnc1Cl)CC1CCCNC1. The van der Waals surface area contributed by atoms with Crippen LogP contribution in [0.3, 0.4) is 0 Å². The number of hydrogen-bond acceptors (Lipinski definition) is 4. The van der Waals surface area contributed by atoms with E-state index in [1.807, 2.05) is 7.05 Å². The Morgan fingerprint density at radius 3 is 3.20 bits per heavy atom. The maximum Gasteiger partial charge on any atom is 0.238 e. The molecule has 1 aliphatic heterocycles. The summed E-state index contributed by atoms with van der Waals surface area (Å²) in [6, 6.07) is 3.50. The summed E-state index contributed by atoms with van der Waals surface area (Å²) < 4.78 is 0. The van der Waals surface area contributed by atoms with E-state index in [1.165, 1.54) is 12.8 Å². The van der Waals surface area contributed by atoms with Gasteiger partial charge in [0, 0.05) is 12.7 Å². The summed E-state index contributed by atoms with van der Waals surface area (Å²) >= 11 is 5.91. The molecular formula is C14H21ClN4O. The third kappa shape index (κ3) is 4.74. The van der Waals surface area contributed by atoms with Crippen LogP contribution in [-0.2, 0) is 4.79 Å². The summed E-state index contributed by atoms with van der Waals surface area (Å²) in [5, 5.41) is 6.49. The van der Waals surface area contributed by atoms with Crippen molar-refractivity contribution in [3.63, 3.8) is 0 Å². The molecule has 1 fully saturated rings. The van der Waals surface area contributed by atoms with Gasteiger partial charge < -0.3 is 10.6 Å². The number of likely N-dealkylation sites (N-methyl/N-ethyl adjacent to an activating group) is 1. The minimum Gasteiger partial charge on any atom is -0.322 e. The fraction of sp³-hybridized carbons (Fsp3) is 0.571. The first-order chi connectivity index (χ1) is 9.65. The molecule has 0 radical (unpaired) electrons. The van der Waals surface area contributed by atoms with Crippen molar-refractivity contribution in [2.24, 2.45) is 5.92 Å². The first kappa shape index (κ1) is 15.2. The topological polar surface area (TPSA) is 57.3 Å². The van der Waals surface area contributed by atoms with Crippen LogP contribution in [0.15, 0.2) is 18.3 Å². The van der Waals surface area contributed by atoms with Crippen LogP contribution in [0.5, 0.6) is 0 Å². The minimum absolute atomic E-state index is 0.0637. The minimum atomic E-state index is -0.0637. The van der Waals surface area contributed by atoms with Gasteiger partial charge in [0.1, 0.15) is 0 Å². The van der Waals surface area contributed by atoms with Gasteiger partial charge in [-0.25, -0.2) is 4.98 Å². The molecule has 5 nitrogen and oxygen atoms in total. The Balaban J connectivity index is 1.77. The molecule has 1 aromatic heterocycles. The van der Waals surface area contributed by atoms with Crippen LogP contribution in [0.25, 0.3) is 0 Å². The van der Waals surface area contributed by atoms with E-state index in [0.29, 0.717) is 23.3 Å². The smallest absolute Gasteiger partial charge is 0.238 e. The zero-order valence-corrected chi connectivity index (χ0v) is 12.5. The average molecular weight is 297 g/mol. The highest BCUT2D eigenvalue weighted by Crippen LogP contribution is 2.17. The van der Waals surface area contributed by atoms with Crippen molar-refractivity contribution in [1.29, 1.82) is 0 Å². The molecule has 1 unspecified atom stereocenters. The molecule has 6 heteroatoms. The molecule has 0 saturated carbocycles. The molecule has 2 heterocycles. The van der Waals surface area contributed by atoms with E-state index < -0.39 is 0 Å². The molecule has 110 valence electrons. The normalized spacial score (nSPS) is 19.1. The summed E-state index contributed by atoms with van der Waals surface area (Å²) in [7, 11) is 1.97. The molecule has 1 aliphatic rings. The van der Waals surface area contributed by atoms with Gasteiger partial charge >= 0.3 is 0 Å². The van der Waals surface area contributed by atoms with Crippen molar-refractivity contribution in [2.45, 2.75) is 12.8 Å². The first-order valence-electron chi connectivity index (χ1n) is 6.95. The fourth-order valence-electron chi connectivity index (χ4n) is 2.50. The predicted molar refractivity (Wildman–Crippen MR) is 81.0 cm³/mol. The lowest BCUT2D eigenvalue weighted by Crippen LogP contribution is -2.39. The van der Waals surface area contributed by atoms with Crippen LogP contribution in [-0.4, -0.2) is 49.0 Å². The van der Waals surface area contributed by atoms with Gasteiger partial charge in [-0.05, 0) is 51.0 Å². The molecular weight excluding hydrogens is 276 g/mol. The van der Waals surface area contributed by atoms with E-state index in [4.69, 9.17) is 11.6 Å². The lowest BCUT2D eigenvalue weighted by molar-refractivity contribution is -0.117. The van der Waals surface area contributed by atoms with Gasteiger partial charge in [0.2, 0.25) is 5.91 Å². The zero-order valence-electron chi connectivity index (χ0n) is 11.7. The maximum atomic E-state index is 12.0. The van der Waals surface area contributed by atoms with E-state index in [-0.39, 0.29) is 5.91 Å². The Morgan fingerprint density at radius 1 is 1.65 bits per heavy atom. The second-order valence-corrected chi connectivity index (χ2v) is 5.66. The van der Waals surface area contributed by atoms with E-state index >= 15 is 0 Å². The van der Waals surface area contributed by atoms with Gasteiger partial charge in [0.15, 0.2) is 5.15 Å². The molecule has 2 N–H and O–H groups in total. The summed E-state index contributed by atoms with van der Waals surface area (Å²) in [4.78, 5) is 17.9. The first-order valence-corrected chi connectivity index (χ1v) is 7.32. The molecule has 0 aromatic carbocycles. The van der Waals surface area contributed by atoms with E-state index in [0.717, 1.165) is 19.6 Å². The van der Waals surface area contributed by atoms with Gasteiger partial charge in [0.25, 0.3) is 0 Å². The number of nitrogens with one attached hydrogen (secondary N) is 2. The van der Waals surface area contributed by atoms with Gasteiger partial charge in [-0.3, -0.25) is 9.69 Å². The quantitative estimate of drug-likeness (QED) is 0.811. The Labute approximate surface area is 124 Å². The van der Waals surface area contributed by atoms with Crippen LogP contribution in [0, 0.1) is 5.92 Å². The van der Waals surface area contributed by atoms with Crippen LogP contribution in [0.4, 0.5) is 5.69 Å². The van der Waals surface area contributed by atoms with E-state index in [9.17, 15) is 4.79 Å². The van der Waals surface area contributed by atoms with Gasteiger partial charge in [-0.2, -0.15) is 0 Å². The molecule has 1 atom stereocenters. The van der Waals surface area contributed by atoms with Crippen molar-refractivity contribution in [1.82, 2.24) is 15.2 Å². The number of hydrogen-bond donors (Lipinski definition) is 2. The van der Waals surface area contributed by atoms with Crippen LogP contribution < -0.4 is 10.6 Å². The predicted octanol–water partition coefficient (Wildman–Crippen LogP) is 1.60. The van der Waals surface area contributed by atoms with Crippen molar-refractivity contribution in [2.75, 3.05) is 38.5 Å². The molecule has 20 heavy (non-hydrogen) atoms. The molecule has 0 spiro atoms. The third-order valence-corrected chi connectivity index (χ3v) is 3.72. The van der Waals surface area contributed by atoms with E-state index in [2.05, 4.69) is 20.5 Å². The molecule has 1 aromatic rings. The maximum absolute atomic E-state index is 12.0. The molecule has 2 rings (SSSR count). The largest absolute Gasteiger partial charge is 0.322 e. The Kier molecular flexibility index (Phi) is 5.76. The van der Waals surface area contributed by atoms with Crippen LogP contribution >= 0.6 is 11.6 Å². The number of nitrogens with zero attached hydrogens (tertiary/aromatic N) is 2. The number of amides is 1. The number of carbonyl (C=O) groups is 1. The number of pyridine rings is 1. The van der Waals surface area contributed by atoms with Crippen LogP contribution in [0.1, 0.15) is 12.8 Å². The highest BCUT2D eigenvalue weighted by atomic mass is 35.5. The van der Waals surface area contributed by atoms with Gasteiger partial charge in [0.05, 0.1) is 12.2 Å². The zero-order chi connectivity index (χ0) is 14.4. The number of piperidine rings is 1. The molecule has 0 aliphatic carbocycles. The lowest BCUT2D eigenvalue weighted by atomic mass is 9.99. The Bertz CT molecular complexity index is 449. The monoisotopic (exact) mass is 296 g/mol.